The van der Waals surface area contributed by atoms with Crippen LogP contribution >= 0.6 is 0 Å². The molecule has 1 fully saturated rings. The summed E-state index contributed by atoms with van der Waals surface area (Å²) in [5.74, 6) is 0.104. The van der Waals surface area contributed by atoms with Crippen LogP contribution in [0.2, 0.25) is 0 Å². The highest BCUT2D eigenvalue weighted by molar-refractivity contribution is 5.82. The third-order valence-corrected chi connectivity index (χ3v) is 3.44. The topological polar surface area (TPSA) is 58.4 Å². The fraction of sp³-hybridized carbons (Fsp3) is 0.462. The molecule has 2 atom stereocenters. The monoisotopic (exact) mass is 233 g/mol. The van der Waals surface area contributed by atoms with E-state index in [1.54, 1.807) is 0 Å². The molecule has 4 nitrogen and oxygen atoms in total. The Morgan fingerprint density at radius 1 is 1.53 bits per heavy atom. The molecular formula is C13H19N3O. The Labute approximate surface area is 102 Å². The van der Waals surface area contributed by atoms with Crippen LogP contribution in [0.1, 0.15) is 25.5 Å². The predicted molar refractivity (Wildman–Crippen MR) is 68.4 cm³/mol. The van der Waals surface area contributed by atoms with Crippen molar-refractivity contribution in [2.45, 2.75) is 25.9 Å². The van der Waals surface area contributed by atoms with Gasteiger partial charge in [-0.15, -0.1) is 0 Å². The summed E-state index contributed by atoms with van der Waals surface area (Å²) in [6.07, 6.45) is 0. The third-order valence-electron chi connectivity index (χ3n) is 3.44. The molecule has 2 rings (SSSR count). The lowest BCUT2D eigenvalue weighted by Crippen LogP contribution is -2.54. The second kappa shape index (κ2) is 4.75. The standard InChI is InChI=1S/C13H19N3O/c1-9(11-4-3-5-12(14)8-11)16-7-6-15-13(17)10(16)2/h3-5,8-10H,6-7,14H2,1-2H3,(H,15,17). The molecule has 1 aliphatic rings. The number of hydrogen-bond acceptors (Lipinski definition) is 3. The minimum absolute atomic E-state index is 0.0832. The fourth-order valence-corrected chi connectivity index (χ4v) is 2.34. The summed E-state index contributed by atoms with van der Waals surface area (Å²) in [4.78, 5) is 13.8. The van der Waals surface area contributed by atoms with Crippen LogP contribution in [0, 0.1) is 0 Å². The molecule has 0 aliphatic carbocycles. The van der Waals surface area contributed by atoms with Crippen molar-refractivity contribution in [1.82, 2.24) is 10.2 Å². The van der Waals surface area contributed by atoms with E-state index >= 15 is 0 Å². The molecule has 17 heavy (non-hydrogen) atoms. The van der Waals surface area contributed by atoms with Crippen molar-refractivity contribution in [3.63, 3.8) is 0 Å². The lowest BCUT2D eigenvalue weighted by atomic mass is 10.0. The molecule has 0 saturated carbocycles. The van der Waals surface area contributed by atoms with Gasteiger partial charge in [0.1, 0.15) is 0 Å². The quantitative estimate of drug-likeness (QED) is 0.753. The van der Waals surface area contributed by atoms with Gasteiger partial charge in [-0.3, -0.25) is 9.69 Å². The van der Waals surface area contributed by atoms with E-state index in [1.165, 1.54) is 0 Å². The van der Waals surface area contributed by atoms with Crippen molar-refractivity contribution >= 4 is 11.6 Å². The van der Waals surface area contributed by atoms with Crippen LogP contribution in [0.4, 0.5) is 5.69 Å². The number of piperazine rings is 1. The van der Waals surface area contributed by atoms with Gasteiger partial charge in [-0.2, -0.15) is 0 Å². The molecule has 0 radical (unpaired) electrons. The number of nitrogens with zero attached hydrogens (tertiary/aromatic N) is 1. The van der Waals surface area contributed by atoms with Crippen molar-refractivity contribution in [2.24, 2.45) is 0 Å². The van der Waals surface area contributed by atoms with Crippen LogP contribution in [0.25, 0.3) is 0 Å². The smallest absolute Gasteiger partial charge is 0.237 e. The van der Waals surface area contributed by atoms with Gasteiger partial charge in [0.05, 0.1) is 6.04 Å². The molecule has 1 aliphatic heterocycles. The number of benzene rings is 1. The molecule has 0 spiro atoms. The van der Waals surface area contributed by atoms with Crippen molar-refractivity contribution in [3.8, 4) is 0 Å². The maximum absolute atomic E-state index is 11.6. The molecule has 3 N–H and O–H groups in total. The van der Waals surface area contributed by atoms with E-state index in [0.29, 0.717) is 0 Å². The molecule has 1 aromatic carbocycles. The highest BCUT2D eigenvalue weighted by atomic mass is 16.2. The fourth-order valence-electron chi connectivity index (χ4n) is 2.34. The van der Waals surface area contributed by atoms with Gasteiger partial charge in [-0.1, -0.05) is 12.1 Å². The molecule has 1 aromatic rings. The first-order valence-electron chi connectivity index (χ1n) is 5.98. The lowest BCUT2D eigenvalue weighted by Gasteiger charge is -2.37. The highest BCUT2D eigenvalue weighted by Crippen LogP contribution is 2.24. The van der Waals surface area contributed by atoms with Gasteiger partial charge in [-0.05, 0) is 31.5 Å². The molecule has 2 unspecified atom stereocenters. The summed E-state index contributed by atoms with van der Waals surface area (Å²) in [7, 11) is 0. The van der Waals surface area contributed by atoms with Crippen LogP contribution in [0.15, 0.2) is 24.3 Å². The zero-order valence-electron chi connectivity index (χ0n) is 10.3. The van der Waals surface area contributed by atoms with Crippen molar-refractivity contribution in [2.75, 3.05) is 18.8 Å². The normalized spacial score (nSPS) is 23.2. The number of rotatable bonds is 2. The SMILES string of the molecule is CC1C(=O)NCCN1C(C)c1cccc(N)c1. The van der Waals surface area contributed by atoms with Gasteiger partial charge in [0.15, 0.2) is 0 Å². The van der Waals surface area contributed by atoms with E-state index in [-0.39, 0.29) is 18.0 Å². The van der Waals surface area contributed by atoms with E-state index in [9.17, 15) is 4.79 Å². The Morgan fingerprint density at radius 2 is 2.29 bits per heavy atom. The summed E-state index contributed by atoms with van der Waals surface area (Å²) in [6.45, 7) is 5.65. The second-order valence-corrected chi connectivity index (χ2v) is 4.55. The number of carbonyl (C=O) groups is 1. The number of anilines is 1. The minimum Gasteiger partial charge on any atom is -0.399 e. The zero-order valence-corrected chi connectivity index (χ0v) is 10.3. The molecule has 1 amide bonds. The van der Waals surface area contributed by atoms with Crippen LogP contribution in [0.3, 0.4) is 0 Å². The Bertz CT molecular complexity index is 419. The van der Waals surface area contributed by atoms with E-state index in [0.717, 1.165) is 24.3 Å². The molecule has 92 valence electrons. The summed E-state index contributed by atoms with van der Waals surface area (Å²) in [6, 6.07) is 7.99. The largest absolute Gasteiger partial charge is 0.399 e. The van der Waals surface area contributed by atoms with Crippen LogP contribution in [0.5, 0.6) is 0 Å². The summed E-state index contributed by atoms with van der Waals surface area (Å²) in [5.41, 5.74) is 7.72. The van der Waals surface area contributed by atoms with Gasteiger partial charge in [-0.25, -0.2) is 0 Å². The number of nitrogens with two attached hydrogens (primary N) is 1. The maximum Gasteiger partial charge on any atom is 0.237 e. The summed E-state index contributed by atoms with van der Waals surface area (Å²) < 4.78 is 0. The number of nitrogens with one attached hydrogen (secondary N) is 1. The molecule has 1 heterocycles. The highest BCUT2D eigenvalue weighted by Gasteiger charge is 2.29. The molecule has 4 heteroatoms. The number of amides is 1. The first-order chi connectivity index (χ1) is 8.09. The Morgan fingerprint density at radius 3 is 3.00 bits per heavy atom. The number of carbonyl (C=O) groups excluding carboxylic acids is 1. The van der Waals surface area contributed by atoms with Crippen molar-refractivity contribution in [1.29, 1.82) is 0 Å². The van der Waals surface area contributed by atoms with E-state index in [4.69, 9.17) is 5.73 Å². The Kier molecular flexibility index (Phi) is 3.33. The minimum atomic E-state index is -0.0832. The number of hydrogen-bond donors (Lipinski definition) is 2. The average Bonchev–Trinajstić information content (AvgIpc) is 2.32. The van der Waals surface area contributed by atoms with Crippen molar-refractivity contribution in [3.05, 3.63) is 29.8 Å². The van der Waals surface area contributed by atoms with Gasteiger partial charge in [0, 0.05) is 24.8 Å². The van der Waals surface area contributed by atoms with Crippen molar-refractivity contribution < 1.29 is 4.79 Å². The maximum atomic E-state index is 11.6. The van der Waals surface area contributed by atoms with E-state index in [2.05, 4.69) is 23.2 Å². The first-order valence-corrected chi connectivity index (χ1v) is 5.98. The molecule has 0 aromatic heterocycles. The van der Waals surface area contributed by atoms with Gasteiger partial charge in [0.2, 0.25) is 5.91 Å². The predicted octanol–water partition coefficient (Wildman–Crippen LogP) is 1.15. The molecule has 0 bridgehead atoms. The van der Waals surface area contributed by atoms with E-state index < -0.39 is 0 Å². The van der Waals surface area contributed by atoms with Crippen LogP contribution < -0.4 is 11.1 Å². The second-order valence-electron chi connectivity index (χ2n) is 4.55. The summed E-state index contributed by atoms with van der Waals surface area (Å²) >= 11 is 0. The van der Waals surface area contributed by atoms with Gasteiger partial charge in [0.25, 0.3) is 0 Å². The van der Waals surface area contributed by atoms with E-state index in [1.807, 2.05) is 25.1 Å². The first kappa shape index (κ1) is 11.9. The van der Waals surface area contributed by atoms with Crippen LogP contribution in [-0.4, -0.2) is 29.9 Å². The number of nitrogen functional groups attached to an aromatic ring is 1. The zero-order chi connectivity index (χ0) is 12.4. The lowest BCUT2D eigenvalue weighted by molar-refractivity contribution is -0.129. The average molecular weight is 233 g/mol. The summed E-state index contributed by atoms with van der Waals surface area (Å²) in [5, 5.41) is 2.87. The third kappa shape index (κ3) is 2.42. The Balaban J connectivity index is 2.19. The van der Waals surface area contributed by atoms with Gasteiger partial charge < -0.3 is 11.1 Å². The van der Waals surface area contributed by atoms with Crippen LogP contribution in [-0.2, 0) is 4.79 Å². The molecule has 1 saturated heterocycles. The Hall–Kier alpha value is -1.55. The molecular weight excluding hydrogens is 214 g/mol. The van der Waals surface area contributed by atoms with Gasteiger partial charge >= 0.3 is 0 Å².